The molecule has 260 valence electrons. The largest absolute Gasteiger partial charge is 0.394 e. The zero-order valence-corrected chi connectivity index (χ0v) is 28.3. The molecule has 6 rings (SSSR count). The zero-order chi connectivity index (χ0) is 33.9. The van der Waals surface area contributed by atoms with Crippen LogP contribution in [0.4, 0.5) is 20.4 Å². The van der Waals surface area contributed by atoms with E-state index in [-0.39, 0.29) is 11.3 Å². The van der Waals surface area contributed by atoms with Crippen molar-refractivity contribution in [2.24, 2.45) is 0 Å². The quantitative estimate of drug-likeness (QED) is 0.0615. The van der Waals surface area contributed by atoms with Gasteiger partial charge in [-0.05, 0) is 0 Å². The fourth-order valence-electron chi connectivity index (χ4n) is 5.46. The summed E-state index contributed by atoms with van der Waals surface area (Å²) in [5, 5.41) is 25.4. The number of anilines is 2. The SMILES string of the molecule is O=[PH](S)O[C@@H]1C(CO)O[C@@H](n2cnc3c(NC/C=C/CNc4ncnc5c4ncn5C4OC(CO)[C@@H](O[PH](=O)S)[C@H]4F)ncnc32)[C@@H]1F. The molecule has 0 amide bonds. The van der Waals surface area contributed by atoms with E-state index in [1.807, 2.05) is 12.2 Å². The topological polar surface area (TPSA) is 223 Å². The van der Waals surface area contributed by atoms with Crippen molar-refractivity contribution in [1.29, 1.82) is 0 Å². The van der Waals surface area contributed by atoms with Crippen molar-refractivity contribution in [3.05, 3.63) is 37.5 Å². The number of nitrogens with one attached hydrogen (secondary N) is 2. The van der Waals surface area contributed by atoms with Crippen molar-refractivity contribution >= 4 is 72.9 Å². The second-order valence-corrected chi connectivity index (χ2v) is 14.1. The molecule has 5 unspecified atom stereocenters. The summed E-state index contributed by atoms with van der Waals surface area (Å²) in [4.78, 5) is 25.5. The van der Waals surface area contributed by atoms with Gasteiger partial charge in [0, 0.05) is 13.1 Å². The first-order valence-corrected chi connectivity index (χ1v) is 19.5. The van der Waals surface area contributed by atoms with Gasteiger partial charge < -0.3 is 39.4 Å². The molecule has 0 bridgehead atoms. The lowest BCUT2D eigenvalue weighted by molar-refractivity contribution is -0.0427. The van der Waals surface area contributed by atoms with Crippen LogP contribution in [0.1, 0.15) is 12.5 Å². The Hall–Kier alpha value is -2.78. The van der Waals surface area contributed by atoms with E-state index >= 15 is 8.78 Å². The van der Waals surface area contributed by atoms with Gasteiger partial charge in [0.2, 0.25) is 14.5 Å². The average Bonchev–Trinajstić information content (AvgIpc) is 3.83. The molecule has 2 fully saturated rings. The minimum atomic E-state index is -2.79. The van der Waals surface area contributed by atoms with Gasteiger partial charge in [-0.25, -0.2) is 38.7 Å². The van der Waals surface area contributed by atoms with E-state index in [2.05, 4.69) is 65.0 Å². The van der Waals surface area contributed by atoms with Crippen LogP contribution in [-0.2, 0) is 27.7 Å². The smallest absolute Gasteiger partial charge is 0.243 e. The lowest BCUT2D eigenvalue weighted by atomic mass is 10.1. The molecule has 2 aliphatic rings. The molecule has 10 atom stereocenters. The highest BCUT2D eigenvalue weighted by Gasteiger charge is 2.49. The summed E-state index contributed by atoms with van der Waals surface area (Å²) in [6.45, 7) is -0.455. The number of thiol groups is 2. The lowest BCUT2D eigenvalue weighted by Gasteiger charge is -2.16. The van der Waals surface area contributed by atoms with Gasteiger partial charge >= 0.3 is 0 Å². The summed E-state index contributed by atoms with van der Waals surface area (Å²) in [7, 11) is -5.58. The monoisotopic (exact) mass is 750 g/mol. The van der Waals surface area contributed by atoms with E-state index in [1.165, 1.54) is 34.4 Å². The van der Waals surface area contributed by atoms with Gasteiger partial charge in [-0.2, -0.15) is 0 Å². The number of aliphatic hydroxyl groups is 2. The second-order valence-electron chi connectivity index (χ2n) is 10.4. The number of ether oxygens (including phenoxy) is 2. The van der Waals surface area contributed by atoms with Crippen molar-refractivity contribution in [1.82, 2.24) is 39.0 Å². The molecular formula is C24H30F2N10O8P2S2. The van der Waals surface area contributed by atoms with Crippen LogP contribution in [0.5, 0.6) is 0 Å². The predicted octanol–water partition coefficient (Wildman–Crippen LogP) is 1.91. The maximum Gasteiger partial charge on any atom is 0.243 e. The molecule has 0 spiro atoms. The van der Waals surface area contributed by atoms with Crippen molar-refractivity contribution in [2.75, 3.05) is 36.9 Å². The highest BCUT2D eigenvalue weighted by atomic mass is 32.7. The molecule has 2 saturated heterocycles. The summed E-state index contributed by atoms with van der Waals surface area (Å²) in [6, 6.07) is 0. The number of nitrogens with zero attached hydrogens (tertiary/aromatic N) is 8. The minimum absolute atomic E-state index is 0.267. The predicted molar refractivity (Wildman–Crippen MR) is 174 cm³/mol. The van der Waals surface area contributed by atoms with Crippen LogP contribution < -0.4 is 10.6 Å². The number of hydrogen-bond acceptors (Lipinski definition) is 16. The van der Waals surface area contributed by atoms with E-state index in [9.17, 15) is 19.3 Å². The Morgan fingerprint density at radius 2 is 1.19 bits per heavy atom. The van der Waals surface area contributed by atoms with E-state index in [4.69, 9.17) is 18.5 Å². The summed E-state index contributed by atoms with van der Waals surface area (Å²) in [5.41, 5.74) is 1.22. The fraction of sp³-hybridized carbons (Fsp3) is 0.500. The van der Waals surface area contributed by atoms with E-state index in [1.54, 1.807) is 0 Å². The molecule has 48 heavy (non-hydrogen) atoms. The third kappa shape index (κ3) is 7.09. The molecule has 4 N–H and O–H groups in total. The average molecular weight is 751 g/mol. The van der Waals surface area contributed by atoms with Crippen LogP contribution in [0.3, 0.4) is 0 Å². The number of halogens is 2. The number of alkyl halides is 2. The van der Waals surface area contributed by atoms with Gasteiger partial charge in [-0.1, -0.05) is 36.6 Å². The molecule has 0 aromatic carbocycles. The molecule has 2 aliphatic heterocycles. The number of imidazole rings is 2. The van der Waals surface area contributed by atoms with Crippen LogP contribution in [0, 0.1) is 0 Å². The Labute approximate surface area is 281 Å². The van der Waals surface area contributed by atoms with Crippen molar-refractivity contribution in [2.45, 2.75) is 49.2 Å². The minimum Gasteiger partial charge on any atom is -0.394 e. The van der Waals surface area contributed by atoms with Gasteiger partial charge in [0.15, 0.2) is 58.8 Å². The Morgan fingerprint density at radius 1 is 0.771 bits per heavy atom. The maximum atomic E-state index is 15.2. The Balaban J connectivity index is 1.07. The van der Waals surface area contributed by atoms with Crippen molar-refractivity contribution in [3.8, 4) is 0 Å². The second kappa shape index (κ2) is 15.4. The van der Waals surface area contributed by atoms with Crippen molar-refractivity contribution in [3.63, 3.8) is 0 Å². The highest BCUT2D eigenvalue weighted by molar-refractivity contribution is 8.39. The number of rotatable bonds is 14. The molecule has 0 radical (unpaired) electrons. The Bertz CT molecular complexity index is 1700. The number of hydrogen-bond donors (Lipinski definition) is 6. The summed E-state index contributed by atoms with van der Waals surface area (Å²) >= 11 is 7.42. The first kappa shape index (κ1) is 35.1. The third-order valence-electron chi connectivity index (χ3n) is 7.57. The van der Waals surface area contributed by atoms with E-state index < -0.39 is 76.9 Å². The lowest BCUT2D eigenvalue weighted by Crippen LogP contribution is -2.31. The normalized spacial score (nSPS) is 28.9. The van der Waals surface area contributed by atoms with Crippen LogP contribution in [0.2, 0.25) is 0 Å². The molecule has 0 aliphatic carbocycles. The van der Waals surface area contributed by atoms with Gasteiger partial charge in [-0.3, -0.25) is 18.3 Å². The molecule has 4 aromatic rings. The van der Waals surface area contributed by atoms with Gasteiger partial charge in [0.25, 0.3) is 0 Å². The molecule has 4 aromatic heterocycles. The van der Waals surface area contributed by atoms with E-state index in [0.717, 1.165) is 0 Å². The number of aliphatic hydroxyl groups excluding tert-OH is 2. The number of fused-ring (bicyclic) bond motifs is 2. The standard InChI is InChI=1S/C24H30F2N10O8P2S2/c25-13-17(43-45(39)47)11(5-37)41-23(13)35-9-33-15-19(29-7-31-21(15)35)27-3-1-2-4-28-20-16-22(32-8-30-20)36(10-34-16)24-14(26)18(44-46(40)48)12(6-38)42-24/h1-2,7-14,17-18,23-24,37-38,45-46H,3-6H2,(H,39,47)(H,40,48)(H,27,29,31)(H,28,30,32)/b2-1+/t11?,12?,13-,14-,17-,18-,23-,24?/m1/s1. The molecule has 18 nitrogen and oxygen atoms in total. The van der Waals surface area contributed by atoms with Crippen molar-refractivity contribution < 1.29 is 46.6 Å². The molecule has 0 saturated carbocycles. The fourth-order valence-corrected chi connectivity index (χ4v) is 7.22. The highest BCUT2D eigenvalue weighted by Crippen LogP contribution is 2.42. The zero-order valence-electron chi connectivity index (χ0n) is 24.5. The van der Waals surface area contributed by atoms with E-state index in [0.29, 0.717) is 35.8 Å². The summed E-state index contributed by atoms with van der Waals surface area (Å²) in [6.07, 6.45) is -1.86. The molecule has 24 heteroatoms. The van der Waals surface area contributed by atoms with Gasteiger partial charge in [-0.15, -0.1) is 0 Å². The molecule has 6 heterocycles. The Morgan fingerprint density at radius 3 is 1.56 bits per heavy atom. The summed E-state index contributed by atoms with van der Waals surface area (Å²) < 4.78 is 77.6. The third-order valence-corrected chi connectivity index (χ3v) is 9.15. The first-order chi connectivity index (χ1) is 23.2. The van der Waals surface area contributed by atoms with Crippen LogP contribution in [0.25, 0.3) is 22.3 Å². The summed E-state index contributed by atoms with van der Waals surface area (Å²) in [5.74, 6) is 0.746. The maximum absolute atomic E-state index is 15.2. The number of aromatic nitrogens is 8. The van der Waals surface area contributed by atoms with Crippen LogP contribution in [0.15, 0.2) is 37.5 Å². The first-order valence-electron chi connectivity index (χ1n) is 14.3. The van der Waals surface area contributed by atoms with Crippen LogP contribution in [-0.4, -0.2) is 112 Å². The van der Waals surface area contributed by atoms with Gasteiger partial charge in [0.1, 0.15) is 37.1 Å². The Kier molecular flexibility index (Phi) is 11.3. The van der Waals surface area contributed by atoms with Gasteiger partial charge in [0.05, 0.1) is 25.9 Å². The van der Waals surface area contributed by atoms with Crippen LogP contribution >= 0.6 is 39.0 Å². The molecular weight excluding hydrogens is 720 g/mol.